The quantitative estimate of drug-likeness (QED) is 0.598. The predicted molar refractivity (Wildman–Crippen MR) is 39.7 cm³/mol. The molecule has 12 heavy (non-hydrogen) atoms. The zero-order valence-corrected chi connectivity index (χ0v) is 7.07. The van der Waals surface area contributed by atoms with Gasteiger partial charge in [0.25, 0.3) is 0 Å². The highest BCUT2D eigenvalue weighted by atomic mass is 16.5. The van der Waals surface area contributed by atoms with Crippen molar-refractivity contribution in [3.05, 3.63) is 0 Å². The van der Waals surface area contributed by atoms with Crippen molar-refractivity contribution in [1.82, 2.24) is 0 Å². The third kappa shape index (κ3) is 4.68. The molecule has 0 aromatic rings. The van der Waals surface area contributed by atoms with Crippen LogP contribution < -0.4 is 0 Å². The van der Waals surface area contributed by atoms with Crippen molar-refractivity contribution in [3.8, 4) is 0 Å². The number of methoxy groups -OCH3 is 2. The molecule has 0 saturated heterocycles. The topological polar surface area (TPSA) is 72.8 Å². The summed E-state index contributed by atoms with van der Waals surface area (Å²) >= 11 is 0. The smallest absolute Gasteiger partial charge is 0.308 e. The Bertz CT molecular complexity index is 165. The van der Waals surface area contributed by atoms with Gasteiger partial charge < -0.3 is 14.6 Å². The van der Waals surface area contributed by atoms with Gasteiger partial charge in [0, 0.05) is 7.11 Å². The summed E-state index contributed by atoms with van der Waals surface area (Å²) in [5, 5.41) is 8.37. The van der Waals surface area contributed by atoms with Crippen molar-refractivity contribution in [2.75, 3.05) is 14.2 Å². The highest BCUT2D eigenvalue weighted by Gasteiger charge is 2.16. The van der Waals surface area contributed by atoms with Crippen LogP contribution in [0.25, 0.3) is 0 Å². The predicted octanol–water partition coefficient (Wildman–Crippen LogP) is 0.0392. The van der Waals surface area contributed by atoms with Gasteiger partial charge in [-0.2, -0.15) is 0 Å². The number of ether oxygens (including phenoxy) is 2. The van der Waals surface area contributed by atoms with Crippen LogP contribution in [0.4, 0.5) is 0 Å². The zero-order chi connectivity index (χ0) is 9.56. The number of aliphatic carboxylic acids is 1. The highest BCUT2D eigenvalue weighted by Crippen LogP contribution is 2.03. The molecule has 0 amide bonds. The fourth-order valence-corrected chi connectivity index (χ4v) is 0.703. The second kappa shape index (κ2) is 5.54. The molecular weight excluding hydrogens is 164 g/mol. The van der Waals surface area contributed by atoms with Crippen LogP contribution in [0.15, 0.2) is 0 Å². The van der Waals surface area contributed by atoms with Crippen molar-refractivity contribution in [3.63, 3.8) is 0 Å². The monoisotopic (exact) mass is 176 g/mol. The third-order valence-electron chi connectivity index (χ3n) is 1.36. The molecule has 0 fully saturated rings. The Balaban J connectivity index is 3.82. The average molecular weight is 176 g/mol. The van der Waals surface area contributed by atoms with Gasteiger partial charge in [0.15, 0.2) is 0 Å². The number of hydrogen-bond acceptors (Lipinski definition) is 4. The molecule has 0 aliphatic heterocycles. The number of carboxylic acids is 1. The summed E-state index contributed by atoms with van der Waals surface area (Å²) < 4.78 is 9.10. The van der Waals surface area contributed by atoms with Gasteiger partial charge in [0.2, 0.25) is 0 Å². The minimum absolute atomic E-state index is 0.0285. The van der Waals surface area contributed by atoms with E-state index in [0.29, 0.717) is 0 Å². The van der Waals surface area contributed by atoms with Gasteiger partial charge in [0.05, 0.1) is 26.1 Å². The lowest BCUT2D eigenvalue weighted by atomic mass is 10.2. The second-order valence-electron chi connectivity index (χ2n) is 2.24. The van der Waals surface area contributed by atoms with Crippen molar-refractivity contribution in [2.24, 2.45) is 0 Å². The number of hydrogen-bond donors (Lipinski definition) is 1. The fraction of sp³-hybridized carbons (Fsp3) is 0.714. The van der Waals surface area contributed by atoms with E-state index in [0.717, 1.165) is 0 Å². The lowest BCUT2D eigenvalue weighted by molar-refractivity contribution is -0.145. The molecule has 0 aromatic carbocycles. The Morgan fingerprint density at radius 3 is 2.25 bits per heavy atom. The maximum atomic E-state index is 10.7. The first-order valence-electron chi connectivity index (χ1n) is 3.41. The number of esters is 1. The summed E-state index contributed by atoms with van der Waals surface area (Å²) in [6, 6.07) is 0. The molecule has 0 rings (SSSR count). The minimum atomic E-state index is -0.995. The first kappa shape index (κ1) is 10.9. The van der Waals surface area contributed by atoms with Gasteiger partial charge in [-0.15, -0.1) is 0 Å². The van der Waals surface area contributed by atoms with Gasteiger partial charge in [-0.05, 0) is 0 Å². The van der Waals surface area contributed by atoms with Gasteiger partial charge >= 0.3 is 11.9 Å². The zero-order valence-electron chi connectivity index (χ0n) is 7.07. The highest BCUT2D eigenvalue weighted by molar-refractivity contribution is 5.72. The molecule has 0 aliphatic carbocycles. The van der Waals surface area contributed by atoms with Crippen molar-refractivity contribution < 1.29 is 24.2 Å². The SMILES string of the molecule is COC(=O)C[C@H](CC(=O)O)OC. The van der Waals surface area contributed by atoms with Crippen molar-refractivity contribution >= 4 is 11.9 Å². The number of rotatable bonds is 5. The van der Waals surface area contributed by atoms with Gasteiger partial charge in [-0.1, -0.05) is 0 Å². The van der Waals surface area contributed by atoms with Crippen molar-refractivity contribution in [2.45, 2.75) is 18.9 Å². The van der Waals surface area contributed by atoms with E-state index in [-0.39, 0.29) is 12.8 Å². The van der Waals surface area contributed by atoms with Crippen LogP contribution >= 0.6 is 0 Å². The summed E-state index contributed by atoms with van der Waals surface area (Å²) in [6.07, 6.45) is -0.819. The molecule has 0 heterocycles. The van der Waals surface area contributed by atoms with Crippen LogP contribution in [0.5, 0.6) is 0 Å². The molecule has 5 heteroatoms. The Hall–Kier alpha value is -1.10. The molecule has 0 aromatic heterocycles. The van der Waals surface area contributed by atoms with E-state index in [1.165, 1.54) is 14.2 Å². The lowest BCUT2D eigenvalue weighted by Gasteiger charge is -2.10. The summed E-state index contributed by atoms with van der Waals surface area (Å²) in [5.41, 5.74) is 0. The summed E-state index contributed by atoms with van der Waals surface area (Å²) in [7, 11) is 2.60. The third-order valence-corrected chi connectivity index (χ3v) is 1.36. The summed E-state index contributed by atoms with van der Waals surface area (Å²) in [5.74, 6) is -1.46. The molecule has 0 aliphatic rings. The molecule has 0 bridgehead atoms. The number of carboxylic acid groups (broad SMARTS) is 1. The molecule has 0 unspecified atom stereocenters. The van der Waals surface area contributed by atoms with Crippen LogP contribution in [0, 0.1) is 0 Å². The summed E-state index contributed by atoms with van der Waals surface area (Å²) in [6.45, 7) is 0. The van der Waals surface area contributed by atoms with E-state index in [4.69, 9.17) is 9.84 Å². The Kier molecular flexibility index (Phi) is 5.03. The van der Waals surface area contributed by atoms with E-state index in [1.54, 1.807) is 0 Å². The standard InChI is InChI=1S/C7H12O5/c1-11-5(3-6(8)9)4-7(10)12-2/h5H,3-4H2,1-2H3,(H,8,9)/t5-/m0/s1. The molecule has 1 atom stereocenters. The molecule has 0 saturated carbocycles. The van der Waals surface area contributed by atoms with E-state index >= 15 is 0 Å². The van der Waals surface area contributed by atoms with Gasteiger partial charge in [-0.25, -0.2) is 0 Å². The Labute approximate surface area is 70.3 Å². The van der Waals surface area contributed by atoms with Crippen LogP contribution in [0.1, 0.15) is 12.8 Å². The molecule has 5 nitrogen and oxygen atoms in total. The molecule has 0 radical (unpaired) electrons. The van der Waals surface area contributed by atoms with Gasteiger partial charge in [0.1, 0.15) is 0 Å². The number of carbonyl (C=O) groups excluding carboxylic acids is 1. The van der Waals surface area contributed by atoms with E-state index in [9.17, 15) is 9.59 Å². The maximum Gasteiger partial charge on any atom is 0.308 e. The average Bonchev–Trinajstić information content (AvgIpc) is 2.02. The minimum Gasteiger partial charge on any atom is -0.481 e. The van der Waals surface area contributed by atoms with E-state index in [2.05, 4.69) is 4.74 Å². The molecule has 70 valence electrons. The van der Waals surface area contributed by atoms with E-state index in [1.807, 2.05) is 0 Å². The Morgan fingerprint density at radius 1 is 1.33 bits per heavy atom. The molecular formula is C7H12O5. The summed E-state index contributed by atoms with van der Waals surface area (Å²) in [4.78, 5) is 20.9. The van der Waals surface area contributed by atoms with Crippen LogP contribution in [-0.2, 0) is 19.1 Å². The van der Waals surface area contributed by atoms with E-state index < -0.39 is 18.0 Å². The lowest BCUT2D eigenvalue weighted by Crippen LogP contribution is -2.20. The maximum absolute atomic E-state index is 10.7. The Morgan fingerprint density at radius 2 is 1.92 bits per heavy atom. The van der Waals surface area contributed by atoms with Crippen molar-refractivity contribution in [1.29, 1.82) is 0 Å². The fourth-order valence-electron chi connectivity index (χ4n) is 0.703. The second-order valence-corrected chi connectivity index (χ2v) is 2.24. The van der Waals surface area contributed by atoms with Crippen LogP contribution in [0.2, 0.25) is 0 Å². The normalized spacial score (nSPS) is 12.2. The first-order chi connectivity index (χ1) is 5.60. The largest absolute Gasteiger partial charge is 0.481 e. The van der Waals surface area contributed by atoms with Crippen LogP contribution in [-0.4, -0.2) is 37.4 Å². The molecule has 0 spiro atoms. The van der Waals surface area contributed by atoms with Crippen LogP contribution in [0.3, 0.4) is 0 Å². The number of carbonyl (C=O) groups is 2. The molecule has 1 N–H and O–H groups in total. The van der Waals surface area contributed by atoms with Gasteiger partial charge in [-0.3, -0.25) is 9.59 Å². The first-order valence-corrected chi connectivity index (χ1v) is 3.41.